The zero-order valence-electron chi connectivity index (χ0n) is 11.9. The number of carbonyl (C=O) groups is 1. The average Bonchev–Trinajstić information content (AvgIpc) is 2.47. The van der Waals surface area contributed by atoms with E-state index in [1.807, 2.05) is 0 Å². The topological polar surface area (TPSA) is 98.5 Å². The number of rotatable bonds is 4. The van der Waals surface area contributed by atoms with Gasteiger partial charge in [-0.1, -0.05) is 0 Å². The number of ether oxygens (including phenoxy) is 1. The summed E-state index contributed by atoms with van der Waals surface area (Å²) in [5.74, 6) is -0.135. The van der Waals surface area contributed by atoms with Crippen molar-refractivity contribution < 1.29 is 17.9 Å². The molecular weight excluding hydrogens is 292 g/mol. The van der Waals surface area contributed by atoms with Crippen LogP contribution in [0.2, 0.25) is 0 Å². The average molecular weight is 312 g/mol. The minimum Gasteiger partial charge on any atom is -0.469 e. The second-order valence-corrected chi connectivity index (χ2v) is 6.85. The van der Waals surface area contributed by atoms with Crippen LogP contribution in [-0.2, 0) is 19.6 Å². The Bertz CT molecular complexity index is 590. The molecule has 1 saturated carbocycles. The summed E-state index contributed by atoms with van der Waals surface area (Å²) in [5, 5.41) is 8.41. The molecule has 1 aromatic carbocycles. The van der Waals surface area contributed by atoms with Gasteiger partial charge in [-0.05, 0) is 49.9 Å². The van der Waals surface area contributed by atoms with E-state index in [2.05, 4.69) is 5.32 Å². The van der Waals surface area contributed by atoms with Crippen molar-refractivity contribution >= 4 is 21.7 Å². The fraction of sp³-hybridized carbons (Fsp3) is 0.500. The Morgan fingerprint density at radius 3 is 2.24 bits per heavy atom. The second-order valence-electron chi connectivity index (χ2n) is 5.29. The highest BCUT2D eigenvalue weighted by molar-refractivity contribution is 7.89. The lowest BCUT2D eigenvalue weighted by molar-refractivity contribution is -0.146. The Morgan fingerprint density at radius 1 is 1.19 bits per heavy atom. The largest absolute Gasteiger partial charge is 0.469 e. The summed E-state index contributed by atoms with van der Waals surface area (Å²) in [7, 11) is -2.24. The van der Waals surface area contributed by atoms with E-state index in [0.717, 1.165) is 31.4 Å². The van der Waals surface area contributed by atoms with Gasteiger partial charge in [-0.15, -0.1) is 0 Å². The van der Waals surface area contributed by atoms with Gasteiger partial charge in [0.2, 0.25) is 10.0 Å². The van der Waals surface area contributed by atoms with Crippen molar-refractivity contribution in [2.75, 3.05) is 12.4 Å². The zero-order chi connectivity index (χ0) is 15.5. The van der Waals surface area contributed by atoms with Crippen LogP contribution in [0.4, 0.5) is 5.69 Å². The van der Waals surface area contributed by atoms with Crippen LogP contribution in [0.25, 0.3) is 0 Å². The molecule has 0 unspecified atom stereocenters. The minimum atomic E-state index is -3.65. The SMILES string of the molecule is COC(=O)C1CCC(Nc2ccc(S(N)(=O)=O)cc2)CC1. The molecule has 1 aliphatic rings. The maximum absolute atomic E-state index is 11.5. The predicted octanol–water partition coefficient (Wildman–Crippen LogP) is 1.48. The van der Waals surface area contributed by atoms with Crippen LogP contribution in [0.15, 0.2) is 29.2 Å². The fourth-order valence-electron chi connectivity index (χ4n) is 2.62. The highest BCUT2D eigenvalue weighted by Gasteiger charge is 2.26. The number of esters is 1. The lowest BCUT2D eigenvalue weighted by atomic mass is 9.86. The Labute approximate surface area is 124 Å². The molecule has 0 spiro atoms. The second kappa shape index (κ2) is 6.44. The van der Waals surface area contributed by atoms with E-state index in [1.54, 1.807) is 12.1 Å². The van der Waals surface area contributed by atoms with Crippen LogP contribution in [-0.4, -0.2) is 27.5 Å². The molecule has 21 heavy (non-hydrogen) atoms. The first-order chi connectivity index (χ1) is 9.90. The van der Waals surface area contributed by atoms with Crippen molar-refractivity contribution in [1.29, 1.82) is 0 Å². The van der Waals surface area contributed by atoms with E-state index in [4.69, 9.17) is 9.88 Å². The molecule has 0 heterocycles. The molecule has 0 saturated heterocycles. The summed E-state index contributed by atoms with van der Waals surface area (Å²) in [6.45, 7) is 0. The molecule has 0 radical (unpaired) electrons. The fourth-order valence-corrected chi connectivity index (χ4v) is 3.13. The van der Waals surface area contributed by atoms with E-state index in [1.165, 1.54) is 19.2 Å². The van der Waals surface area contributed by atoms with E-state index in [9.17, 15) is 13.2 Å². The number of anilines is 1. The van der Waals surface area contributed by atoms with E-state index in [0.29, 0.717) is 0 Å². The first-order valence-electron chi connectivity index (χ1n) is 6.87. The summed E-state index contributed by atoms with van der Waals surface area (Å²) in [6, 6.07) is 6.65. The number of carbonyl (C=O) groups excluding carboxylic acids is 1. The summed E-state index contributed by atoms with van der Waals surface area (Å²) < 4.78 is 27.1. The predicted molar refractivity (Wildman–Crippen MR) is 79.2 cm³/mol. The molecule has 116 valence electrons. The number of nitrogens with two attached hydrogens (primary N) is 1. The van der Waals surface area contributed by atoms with Gasteiger partial charge in [-0.25, -0.2) is 13.6 Å². The maximum Gasteiger partial charge on any atom is 0.308 e. The Balaban J connectivity index is 1.90. The van der Waals surface area contributed by atoms with Crippen molar-refractivity contribution in [3.63, 3.8) is 0 Å². The van der Waals surface area contributed by atoms with Crippen LogP contribution in [0.1, 0.15) is 25.7 Å². The van der Waals surface area contributed by atoms with E-state index in [-0.39, 0.29) is 22.8 Å². The van der Waals surface area contributed by atoms with Crippen LogP contribution >= 0.6 is 0 Å². The Kier molecular flexibility index (Phi) is 4.84. The van der Waals surface area contributed by atoms with E-state index >= 15 is 0 Å². The number of methoxy groups -OCH3 is 1. The smallest absolute Gasteiger partial charge is 0.308 e. The summed E-state index contributed by atoms with van der Waals surface area (Å²) in [4.78, 5) is 11.6. The van der Waals surface area contributed by atoms with Gasteiger partial charge in [0, 0.05) is 11.7 Å². The zero-order valence-corrected chi connectivity index (χ0v) is 12.7. The third-order valence-electron chi connectivity index (χ3n) is 3.82. The van der Waals surface area contributed by atoms with Crippen molar-refractivity contribution in [3.8, 4) is 0 Å². The molecule has 0 bridgehead atoms. The molecule has 1 aliphatic carbocycles. The lowest BCUT2D eigenvalue weighted by Gasteiger charge is -2.28. The Morgan fingerprint density at radius 2 is 1.76 bits per heavy atom. The first-order valence-corrected chi connectivity index (χ1v) is 8.42. The number of primary sulfonamides is 1. The summed E-state index contributed by atoms with van der Waals surface area (Å²) in [6.07, 6.45) is 3.38. The first kappa shape index (κ1) is 15.8. The van der Waals surface area contributed by atoms with Gasteiger partial charge >= 0.3 is 5.97 Å². The van der Waals surface area contributed by atoms with Gasteiger partial charge in [0.05, 0.1) is 17.9 Å². The number of benzene rings is 1. The van der Waals surface area contributed by atoms with Crippen LogP contribution in [0.5, 0.6) is 0 Å². The number of sulfonamides is 1. The van der Waals surface area contributed by atoms with Crippen molar-refractivity contribution in [3.05, 3.63) is 24.3 Å². The molecule has 6 nitrogen and oxygen atoms in total. The van der Waals surface area contributed by atoms with Crippen molar-refractivity contribution in [1.82, 2.24) is 0 Å². The number of nitrogens with one attached hydrogen (secondary N) is 1. The molecule has 0 atom stereocenters. The molecule has 2 rings (SSSR count). The molecule has 1 aromatic rings. The summed E-state index contributed by atoms with van der Waals surface area (Å²) >= 11 is 0. The lowest BCUT2D eigenvalue weighted by Crippen LogP contribution is -2.29. The molecule has 1 fully saturated rings. The van der Waals surface area contributed by atoms with Gasteiger partial charge in [-0.3, -0.25) is 4.79 Å². The number of hydrogen-bond acceptors (Lipinski definition) is 5. The molecule has 0 amide bonds. The van der Waals surface area contributed by atoms with Gasteiger partial charge in [-0.2, -0.15) is 0 Å². The van der Waals surface area contributed by atoms with Crippen molar-refractivity contribution in [2.24, 2.45) is 11.1 Å². The van der Waals surface area contributed by atoms with Gasteiger partial charge in [0.25, 0.3) is 0 Å². The quantitative estimate of drug-likeness (QED) is 0.820. The van der Waals surface area contributed by atoms with Gasteiger partial charge in [0.1, 0.15) is 0 Å². The molecular formula is C14H20N2O4S. The summed E-state index contributed by atoms with van der Waals surface area (Å²) in [5.41, 5.74) is 0.851. The minimum absolute atomic E-state index is 0.00203. The molecule has 7 heteroatoms. The molecule has 3 N–H and O–H groups in total. The Hall–Kier alpha value is -1.60. The standard InChI is InChI=1S/C14H20N2O4S/c1-20-14(17)10-2-4-11(5-3-10)16-12-6-8-13(9-7-12)21(15,18)19/h6-11,16H,2-5H2,1H3,(H2,15,18,19). The highest BCUT2D eigenvalue weighted by atomic mass is 32.2. The monoisotopic (exact) mass is 312 g/mol. The third kappa shape index (κ3) is 4.18. The molecule has 0 aliphatic heterocycles. The van der Waals surface area contributed by atoms with Crippen LogP contribution in [0.3, 0.4) is 0 Å². The van der Waals surface area contributed by atoms with Gasteiger partial charge < -0.3 is 10.1 Å². The van der Waals surface area contributed by atoms with Crippen LogP contribution < -0.4 is 10.5 Å². The maximum atomic E-state index is 11.5. The highest BCUT2D eigenvalue weighted by Crippen LogP contribution is 2.27. The van der Waals surface area contributed by atoms with Gasteiger partial charge in [0.15, 0.2) is 0 Å². The van der Waals surface area contributed by atoms with Crippen LogP contribution in [0, 0.1) is 5.92 Å². The van der Waals surface area contributed by atoms with Crippen molar-refractivity contribution in [2.45, 2.75) is 36.6 Å². The molecule has 0 aromatic heterocycles. The van der Waals surface area contributed by atoms with E-state index < -0.39 is 10.0 Å². The number of hydrogen-bond donors (Lipinski definition) is 2. The third-order valence-corrected chi connectivity index (χ3v) is 4.74. The normalized spacial score (nSPS) is 22.6.